The maximum Gasteiger partial charge on any atom is 0.0721 e. The summed E-state index contributed by atoms with van der Waals surface area (Å²) in [5, 5.41) is 1.91. The molecule has 3 rings (SSSR count). The molecule has 0 amide bonds. The Labute approximate surface area is 124 Å². The van der Waals surface area contributed by atoms with Gasteiger partial charge in [-0.2, -0.15) is 0 Å². The van der Waals surface area contributed by atoms with Crippen molar-refractivity contribution in [3.05, 3.63) is 34.5 Å². The van der Waals surface area contributed by atoms with Crippen LogP contribution in [0.15, 0.2) is 18.2 Å². The predicted molar refractivity (Wildman–Crippen MR) is 83.9 cm³/mol. The number of anilines is 1. The number of hydrogen-bond acceptors (Lipinski definition) is 3. The second-order valence-electron chi connectivity index (χ2n) is 5.14. The lowest BCUT2D eigenvalue weighted by Crippen LogP contribution is -2.36. The molecule has 4 heteroatoms. The lowest BCUT2D eigenvalue weighted by molar-refractivity contribution is 0.122. The fourth-order valence-corrected chi connectivity index (χ4v) is 3.22. The van der Waals surface area contributed by atoms with Crippen molar-refractivity contribution in [1.29, 1.82) is 0 Å². The van der Waals surface area contributed by atoms with Crippen LogP contribution >= 0.6 is 11.6 Å². The maximum atomic E-state index is 6.57. The van der Waals surface area contributed by atoms with E-state index < -0.39 is 0 Å². The summed E-state index contributed by atoms with van der Waals surface area (Å²) in [7, 11) is 0. The number of aryl methyl sites for hydroxylation is 1. The van der Waals surface area contributed by atoms with Gasteiger partial charge in [-0.3, -0.25) is 4.98 Å². The molecule has 1 saturated heterocycles. The first-order chi connectivity index (χ1) is 9.70. The van der Waals surface area contributed by atoms with E-state index in [1.165, 1.54) is 5.69 Å². The maximum absolute atomic E-state index is 6.57. The molecule has 0 saturated carbocycles. The lowest BCUT2D eigenvalue weighted by atomic mass is 10.1. The highest BCUT2D eigenvalue weighted by Gasteiger charge is 2.14. The van der Waals surface area contributed by atoms with E-state index in [0.29, 0.717) is 0 Å². The number of fused-ring (bicyclic) bond motifs is 1. The summed E-state index contributed by atoms with van der Waals surface area (Å²) in [6, 6.07) is 6.36. The predicted octanol–water partition coefficient (Wildman–Crippen LogP) is 3.60. The summed E-state index contributed by atoms with van der Waals surface area (Å²) in [4.78, 5) is 7.00. The standard InChI is InChI=1S/C16H19ClN2O/c1-3-13-11(2)18-15-5-4-12(10-14(15)16(13)17)19-6-8-20-9-7-19/h4-5,10H,3,6-9H2,1-2H3. The van der Waals surface area contributed by atoms with Gasteiger partial charge < -0.3 is 9.64 Å². The van der Waals surface area contributed by atoms with E-state index in [0.717, 1.165) is 59.9 Å². The number of morpholine rings is 1. The first-order valence-electron chi connectivity index (χ1n) is 7.12. The molecule has 1 fully saturated rings. The molecule has 0 spiro atoms. The third kappa shape index (κ3) is 2.36. The van der Waals surface area contributed by atoms with E-state index in [9.17, 15) is 0 Å². The SMILES string of the molecule is CCc1c(C)nc2ccc(N3CCOCC3)cc2c1Cl. The Bertz CT molecular complexity index is 636. The van der Waals surface area contributed by atoms with Crippen molar-refractivity contribution in [2.75, 3.05) is 31.2 Å². The van der Waals surface area contributed by atoms with E-state index in [4.69, 9.17) is 16.3 Å². The van der Waals surface area contributed by atoms with Crippen LogP contribution in [0.5, 0.6) is 0 Å². The second kappa shape index (κ2) is 5.58. The fourth-order valence-electron chi connectivity index (χ4n) is 2.80. The van der Waals surface area contributed by atoms with Gasteiger partial charge in [0.25, 0.3) is 0 Å². The van der Waals surface area contributed by atoms with Crippen LogP contribution < -0.4 is 4.90 Å². The van der Waals surface area contributed by atoms with Gasteiger partial charge in [0.05, 0.1) is 23.8 Å². The molecule has 1 aromatic heterocycles. The zero-order valence-corrected chi connectivity index (χ0v) is 12.7. The van der Waals surface area contributed by atoms with Gasteiger partial charge in [0.1, 0.15) is 0 Å². The van der Waals surface area contributed by atoms with Crippen molar-refractivity contribution in [3.63, 3.8) is 0 Å². The molecular weight excluding hydrogens is 272 g/mol. The van der Waals surface area contributed by atoms with Gasteiger partial charge in [-0.1, -0.05) is 18.5 Å². The number of hydrogen-bond donors (Lipinski definition) is 0. The van der Waals surface area contributed by atoms with Crippen LogP contribution in [-0.2, 0) is 11.2 Å². The molecular formula is C16H19ClN2O. The summed E-state index contributed by atoms with van der Waals surface area (Å²) >= 11 is 6.57. The Hall–Kier alpha value is -1.32. The lowest BCUT2D eigenvalue weighted by Gasteiger charge is -2.29. The highest BCUT2D eigenvalue weighted by atomic mass is 35.5. The topological polar surface area (TPSA) is 25.4 Å². The van der Waals surface area contributed by atoms with Gasteiger partial charge in [-0.05, 0) is 37.1 Å². The van der Waals surface area contributed by atoms with Crippen LogP contribution in [0.2, 0.25) is 5.02 Å². The van der Waals surface area contributed by atoms with Gasteiger partial charge in [0, 0.05) is 29.9 Å². The first-order valence-corrected chi connectivity index (χ1v) is 7.50. The van der Waals surface area contributed by atoms with Crippen LogP contribution in [-0.4, -0.2) is 31.3 Å². The third-order valence-electron chi connectivity index (χ3n) is 3.94. The minimum Gasteiger partial charge on any atom is -0.378 e. The largest absolute Gasteiger partial charge is 0.378 e. The molecule has 2 heterocycles. The number of rotatable bonds is 2. The molecule has 0 atom stereocenters. The summed E-state index contributed by atoms with van der Waals surface area (Å²) in [5.41, 5.74) is 4.36. The van der Waals surface area contributed by atoms with Crippen molar-refractivity contribution in [2.45, 2.75) is 20.3 Å². The normalized spacial score (nSPS) is 15.8. The van der Waals surface area contributed by atoms with Crippen molar-refractivity contribution in [2.24, 2.45) is 0 Å². The smallest absolute Gasteiger partial charge is 0.0721 e. The molecule has 0 N–H and O–H groups in total. The molecule has 106 valence electrons. The Morgan fingerprint density at radius 2 is 2.05 bits per heavy atom. The van der Waals surface area contributed by atoms with Gasteiger partial charge in [0.15, 0.2) is 0 Å². The van der Waals surface area contributed by atoms with Crippen molar-refractivity contribution in [3.8, 4) is 0 Å². The number of nitrogens with zero attached hydrogens (tertiary/aromatic N) is 2. The van der Waals surface area contributed by atoms with E-state index >= 15 is 0 Å². The van der Waals surface area contributed by atoms with E-state index in [2.05, 4.69) is 35.0 Å². The van der Waals surface area contributed by atoms with Gasteiger partial charge in [-0.15, -0.1) is 0 Å². The Morgan fingerprint density at radius 1 is 1.30 bits per heavy atom. The van der Waals surface area contributed by atoms with E-state index in [-0.39, 0.29) is 0 Å². The molecule has 0 aliphatic carbocycles. The van der Waals surface area contributed by atoms with E-state index in [1.54, 1.807) is 0 Å². The molecule has 0 unspecified atom stereocenters. The molecule has 2 aromatic rings. The zero-order valence-electron chi connectivity index (χ0n) is 11.9. The highest BCUT2D eigenvalue weighted by Crippen LogP contribution is 2.31. The number of aromatic nitrogens is 1. The number of halogens is 1. The third-order valence-corrected chi connectivity index (χ3v) is 4.37. The molecule has 0 radical (unpaired) electrons. The fraction of sp³-hybridized carbons (Fsp3) is 0.438. The van der Waals surface area contributed by atoms with Crippen LogP contribution in [0.4, 0.5) is 5.69 Å². The van der Waals surface area contributed by atoms with Gasteiger partial charge >= 0.3 is 0 Å². The zero-order chi connectivity index (χ0) is 14.1. The van der Waals surface area contributed by atoms with Crippen molar-refractivity contribution in [1.82, 2.24) is 4.98 Å². The Balaban J connectivity index is 2.09. The minimum absolute atomic E-state index is 0.790. The minimum atomic E-state index is 0.790. The molecule has 0 bridgehead atoms. The number of benzene rings is 1. The number of ether oxygens (including phenoxy) is 1. The van der Waals surface area contributed by atoms with Gasteiger partial charge in [-0.25, -0.2) is 0 Å². The van der Waals surface area contributed by atoms with Crippen LogP contribution in [0.3, 0.4) is 0 Å². The first kappa shape index (κ1) is 13.7. The summed E-state index contributed by atoms with van der Waals surface area (Å²) in [6.07, 6.45) is 0.912. The van der Waals surface area contributed by atoms with Crippen LogP contribution in [0.25, 0.3) is 10.9 Å². The molecule has 1 aliphatic rings. The van der Waals surface area contributed by atoms with Gasteiger partial charge in [0.2, 0.25) is 0 Å². The highest BCUT2D eigenvalue weighted by molar-refractivity contribution is 6.36. The monoisotopic (exact) mass is 290 g/mol. The average molecular weight is 291 g/mol. The molecule has 20 heavy (non-hydrogen) atoms. The number of pyridine rings is 1. The molecule has 1 aliphatic heterocycles. The Kier molecular flexibility index (Phi) is 3.81. The summed E-state index contributed by atoms with van der Waals surface area (Å²) < 4.78 is 5.40. The average Bonchev–Trinajstić information content (AvgIpc) is 2.48. The Morgan fingerprint density at radius 3 is 2.75 bits per heavy atom. The van der Waals surface area contributed by atoms with Crippen LogP contribution in [0, 0.1) is 6.92 Å². The summed E-state index contributed by atoms with van der Waals surface area (Å²) in [6.45, 7) is 7.59. The van der Waals surface area contributed by atoms with Crippen molar-refractivity contribution >= 4 is 28.2 Å². The van der Waals surface area contributed by atoms with Crippen LogP contribution in [0.1, 0.15) is 18.2 Å². The second-order valence-corrected chi connectivity index (χ2v) is 5.52. The quantitative estimate of drug-likeness (QED) is 0.845. The summed E-state index contributed by atoms with van der Waals surface area (Å²) in [5.74, 6) is 0. The molecule has 3 nitrogen and oxygen atoms in total. The van der Waals surface area contributed by atoms with Crippen molar-refractivity contribution < 1.29 is 4.74 Å². The molecule has 1 aromatic carbocycles. The van der Waals surface area contributed by atoms with E-state index in [1.807, 2.05) is 6.92 Å².